The van der Waals surface area contributed by atoms with Gasteiger partial charge < -0.3 is 4.74 Å². The molecule has 3 nitrogen and oxygen atoms in total. The molecule has 0 heterocycles. The molecule has 1 aliphatic carbocycles. The summed E-state index contributed by atoms with van der Waals surface area (Å²) in [5.41, 5.74) is 5.25. The Kier molecular flexibility index (Phi) is 3.09. The van der Waals surface area contributed by atoms with E-state index in [1.807, 2.05) is 0 Å². The Balaban J connectivity index is 2.41. The second kappa shape index (κ2) is 3.90. The molecule has 0 aliphatic heterocycles. The Morgan fingerprint density at radius 3 is 2.50 bits per heavy atom. The van der Waals surface area contributed by atoms with Gasteiger partial charge in [-0.1, -0.05) is 13.3 Å². The molecule has 1 saturated carbocycles. The highest BCUT2D eigenvalue weighted by atomic mass is 16.6. The molecule has 0 aromatic rings. The van der Waals surface area contributed by atoms with Crippen molar-refractivity contribution in [2.75, 3.05) is 0 Å². The summed E-state index contributed by atoms with van der Waals surface area (Å²) in [5.74, 6) is -0.181. The zero-order valence-electron chi connectivity index (χ0n) is 7.64. The van der Waals surface area contributed by atoms with Crippen LogP contribution in [0.4, 0.5) is 0 Å². The molecule has 0 spiro atoms. The van der Waals surface area contributed by atoms with Gasteiger partial charge in [-0.2, -0.15) is 0 Å². The SMILES string of the molecule is CCC(=O)OC1(N)CCCCC1. The predicted octanol–water partition coefficient (Wildman–Crippen LogP) is 1.56. The predicted molar refractivity (Wildman–Crippen MR) is 46.4 cm³/mol. The summed E-state index contributed by atoms with van der Waals surface area (Å²) in [6.45, 7) is 1.79. The van der Waals surface area contributed by atoms with E-state index >= 15 is 0 Å². The maximum Gasteiger partial charge on any atom is 0.307 e. The van der Waals surface area contributed by atoms with Crippen LogP contribution < -0.4 is 5.73 Å². The summed E-state index contributed by atoms with van der Waals surface area (Å²) in [6.07, 6.45) is 5.42. The van der Waals surface area contributed by atoms with Crippen molar-refractivity contribution in [3.63, 3.8) is 0 Å². The first-order chi connectivity index (χ1) is 5.66. The summed E-state index contributed by atoms with van der Waals surface area (Å²) in [7, 11) is 0. The Hall–Kier alpha value is -0.570. The number of hydrogen-bond acceptors (Lipinski definition) is 3. The fourth-order valence-electron chi connectivity index (χ4n) is 1.55. The summed E-state index contributed by atoms with van der Waals surface area (Å²) in [4.78, 5) is 11.0. The lowest BCUT2D eigenvalue weighted by Gasteiger charge is -2.32. The van der Waals surface area contributed by atoms with E-state index in [2.05, 4.69) is 0 Å². The maximum absolute atomic E-state index is 11.0. The third-order valence-electron chi connectivity index (χ3n) is 2.31. The molecular weight excluding hydrogens is 154 g/mol. The molecule has 0 aromatic heterocycles. The van der Waals surface area contributed by atoms with Gasteiger partial charge in [-0.3, -0.25) is 10.5 Å². The van der Waals surface area contributed by atoms with Crippen LogP contribution >= 0.6 is 0 Å². The van der Waals surface area contributed by atoms with Crippen LogP contribution in [0.3, 0.4) is 0 Å². The zero-order valence-corrected chi connectivity index (χ0v) is 7.64. The molecule has 12 heavy (non-hydrogen) atoms. The van der Waals surface area contributed by atoms with Gasteiger partial charge in [-0.25, -0.2) is 0 Å². The Morgan fingerprint density at radius 2 is 2.00 bits per heavy atom. The summed E-state index contributed by atoms with van der Waals surface area (Å²) in [6, 6.07) is 0. The van der Waals surface area contributed by atoms with Crippen LogP contribution in [-0.2, 0) is 9.53 Å². The first-order valence-electron chi connectivity index (χ1n) is 4.67. The van der Waals surface area contributed by atoms with Crippen molar-refractivity contribution >= 4 is 5.97 Å². The van der Waals surface area contributed by atoms with Gasteiger partial charge in [-0.05, 0) is 12.8 Å². The molecular formula is C9H17NO2. The van der Waals surface area contributed by atoms with Gasteiger partial charge in [0.1, 0.15) is 0 Å². The standard InChI is InChI=1S/C9H17NO2/c1-2-8(11)12-9(10)6-4-3-5-7-9/h2-7,10H2,1H3. The monoisotopic (exact) mass is 171 g/mol. The second-order valence-corrected chi connectivity index (χ2v) is 3.45. The van der Waals surface area contributed by atoms with Crippen LogP contribution in [0.15, 0.2) is 0 Å². The topological polar surface area (TPSA) is 52.3 Å². The van der Waals surface area contributed by atoms with Crippen LogP contribution in [0.5, 0.6) is 0 Å². The van der Waals surface area contributed by atoms with E-state index in [-0.39, 0.29) is 5.97 Å². The molecule has 3 heteroatoms. The number of ether oxygens (including phenoxy) is 1. The van der Waals surface area contributed by atoms with Crippen molar-refractivity contribution in [1.29, 1.82) is 0 Å². The first kappa shape index (κ1) is 9.52. The number of carbonyl (C=O) groups excluding carboxylic acids is 1. The van der Waals surface area contributed by atoms with Crippen LogP contribution in [0.2, 0.25) is 0 Å². The molecule has 0 unspecified atom stereocenters. The van der Waals surface area contributed by atoms with Gasteiger partial charge in [0.15, 0.2) is 5.72 Å². The molecule has 0 amide bonds. The molecule has 1 rings (SSSR count). The smallest absolute Gasteiger partial charge is 0.307 e. The van der Waals surface area contributed by atoms with Gasteiger partial charge in [0.25, 0.3) is 0 Å². The molecule has 0 atom stereocenters. The minimum atomic E-state index is -0.647. The van der Waals surface area contributed by atoms with Crippen molar-refractivity contribution in [1.82, 2.24) is 0 Å². The van der Waals surface area contributed by atoms with Crippen molar-refractivity contribution < 1.29 is 9.53 Å². The van der Waals surface area contributed by atoms with E-state index in [9.17, 15) is 4.79 Å². The maximum atomic E-state index is 11.0. The lowest BCUT2D eigenvalue weighted by molar-refractivity contribution is -0.162. The lowest BCUT2D eigenvalue weighted by Crippen LogP contribution is -2.45. The number of esters is 1. The number of rotatable bonds is 2. The van der Waals surface area contributed by atoms with E-state index in [4.69, 9.17) is 10.5 Å². The fraction of sp³-hybridized carbons (Fsp3) is 0.889. The van der Waals surface area contributed by atoms with Gasteiger partial charge in [0, 0.05) is 19.3 Å². The zero-order chi connectivity index (χ0) is 9.03. The summed E-state index contributed by atoms with van der Waals surface area (Å²) in [5, 5.41) is 0. The fourth-order valence-corrected chi connectivity index (χ4v) is 1.55. The average Bonchev–Trinajstić information content (AvgIpc) is 2.05. The van der Waals surface area contributed by atoms with Crippen LogP contribution in [0, 0.1) is 0 Å². The molecule has 0 aromatic carbocycles. The van der Waals surface area contributed by atoms with E-state index in [1.165, 1.54) is 6.42 Å². The van der Waals surface area contributed by atoms with Crippen molar-refractivity contribution in [2.24, 2.45) is 5.73 Å². The first-order valence-corrected chi connectivity index (χ1v) is 4.67. The Morgan fingerprint density at radius 1 is 1.42 bits per heavy atom. The normalized spacial score (nSPS) is 21.8. The molecule has 1 fully saturated rings. The van der Waals surface area contributed by atoms with Crippen LogP contribution in [-0.4, -0.2) is 11.7 Å². The largest absolute Gasteiger partial charge is 0.444 e. The van der Waals surface area contributed by atoms with Gasteiger partial charge in [-0.15, -0.1) is 0 Å². The average molecular weight is 171 g/mol. The molecule has 2 N–H and O–H groups in total. The molecule has 0 saturated heterocycles. The van der Waals surface area contributed by atoms with Gasteiger partial charge in [0.05, 0.1) is 0 Å². The molecule has 70 valence electrons. The van der Waals surface area contributed by atoms with E-state index in [0.29, 0.717) is 6.42 Å². The number of hydrogen-bond donors (Lipinski definition) is 1. The van der Waals surface area contributed by atoms with Gasteiger partial charge >= 0.3 is 5.97 Å². The summed E-state index contributed by atoms with van der Waals surface area (Å²) < 4.78 is 5.17. The van der Waals surface area contributed by atoms with Crippen molar-refractivity contribution in [3.8, 4) is 0 Å². The summed E-state index contributed by atoms with van der Waals surface area (Å²) >= 11 is 0. The van der Waals surface area contributed by atoms with E-state index in [0.717, 1.165) is 25.7 Å². The van der Waals surface area contributed by atoms with Crippen LogP contribution in [0.25, 0.3) is 0 Å². The van der Waals surface area contributed by atoms with Crippen molar-refractivity contribution in [3.05, 3.63) is 0 Å². The molecule has 0 bridgehead atoms. The lowest BCUT2D eigenvalue weighted by atomic mass is 9.92. The minimum Gasteiger partial charge on any atom is -0.444 e. The minimum absolute atomic E-state index is 0.181. The number of carbonyl (C=O) groups is 1. The highest BCUT2D eigenvalue weighted by Gasteiger charge is 2.30. The quantitative estimate of drug-likeness (QED) is 0.506. The third-order valence-corrected chi connectivity index (χ3v) is 2.31. The van der Waals surface area contributed by atoms with Crippen LogP contribution in [0.1, 0.15) is 45.4 Å². The second-order valence-electron chi connectivity index (χ2n) is 3.45. The Labute approximate surface area is 73.3 Å². The van der Waals surface area contributed by atoms with Gasteiger partial charge in [0.2, 0.25) is 0 Å². The Bertz CT molecular complexity index is 162. The number of nitrogens with two attached hydrogens (primary N) is 1. The highest BCUT2D eigenvalue weighted by Crippen LogP contribution is 2.27. The molecule has 1 aliphatic rings. The third kappa shape index (κ3) is 2.48. The van der Waals surface area contributed by atoms with E-state index < -0.39 is 5.72 Å². The van der Waals surface area contributed by atoms with E-state index in [1.54, 1.807) is 6.92 Å². The van der Waals surface area contributed by atoms with Crippen molar-refractivity contribution in [2.45, 2.75) is 51.2 Å². The molecule has 0 radical (unpaired) electrons. The highest BCUT2D eigenvalue weighted by molar-refractivity contribution is 5.69.